The van der Waals surface area contributed by atoms with Crippen LogP contribution in [0.1, 0.15) is 31.0 Å². The van der Waals surface area contributed by atoms with Crippen molar-refractivity contribution < 1.29 is 14.1 Å². The maximum atomic E-state index is 12.2. The van der Waals surface area contributed by atoms with Crippen molar-refractivity contribution in [3.63, 3.8) is 0 Å². The lowest BCUT2D eigenvalue weighted by atomic mass is 10.1. The van der Waals surface area contributed by atoms with E-state index in [-0.39, 0.29) is 23.4 Å². The molecule has 140 valence electrons. The molecular formula is C19H19N3O4S. The number of carbonyl (C=O) groups is 1. The van der Waals surface area contributed by atoms with Crippen LogP contribution < -0.4 is 5.32 Å². The number of carbonyl (C=O) groups excluding carboxylic acids is 1. The Bertz CT molecular complexity index is 969. The molecule has 0 aliphatic carbocycles. The van der Waals surface area contributed by atoms with E-state index >= 15 is 0 Å². The summed E-state index contributed by atoms with van der Waals surface area (Å²) in [6.45, 7) is 4.03. The van der Waals surface area contributed by atoms with Crippen molar-refractivity contribution in [2.75, 3.05) is 5.75 Å². The van der Waals surface area contributed by atoms with E-state index in [0.29, 0.717) is 16.3 Å². The number of nitrogens with one attached hydrogen (secondary N) is 1. The Morgan fingerprint density at radius 3 is 2.70 bits per heavy atom. The summed E-state index contributed by atoms with van der Waals surface area (Å²) in [5.74, 6) is 0.00653. The normalized spacial score (nSPS) is 12.1. The molecule has 0 spiro atoms. The van der Waals surface area contributed by atoms with E-state index in [9.17, 15) is 14.9 Å². The number of oxazole rings is 1. The Morgan fingerprint density at radius 1 is 1.30 bits per heavy atom. The van der Waals surface area contributed by atoms with Crippen molar-refractivity contribution in [3.8, 4) is 0 Å². The number of non-ortho nitro benzene ring substituents is 1. The third-order valence-corrected chi connectivity index (χ3v) is 4.98. The predicted octanol–water partition coefficient (Wildman–Crippen LogP) is 4.27. The van der Waals surface area contributed by atoms with E-state index < -0.39 is 4.92 Å². The SMILES string of the molecule is CCc1ccc(C(C)NC(=O)CSc2nc3cc([N+](=O)[O-])ccc3o2)cc1. The first-order valence-corrected chi connectivity index (χ1v) is 9.51. The summed E-state index contributed by atoms with van der Waals surface area (Å²) in [5.41, 5.74) is 3.10. The monoisotopic (exact) mass is 385 g/mol. The zero-order valence-corrected chi connectivity index (χ0v) is 15.8. The maximum absolute atomic E-state index is 12.2. The van der Waals surface area contributed by atoms with Gasteiger partial charge in [-0.25, -0.2) is 4.98 Å². The second kappa shape index (κ2) is 8.22. The van der Waals surface area contributed by atoms with Crippen molar-refractivity contribution >= 4 is 34.5 Å². The number of rotatable bonds is 7. The molecule has 0 fully saturated rings. The molecule has 3 aromatic rings. The third-order valence-electron chi connectivity index (χ3n) is 4.15. The van der Waals surface area contributed by atoms with Gasteiger partial charge in [0.15, 0.2) is 5.58 Å². The minimum atomic E-state index is -0.483. The van der Waals surface area contributed by atoms with Crippen LogP contribution in [-0.2, 0) is 11.2 Å². The summed E-state index contributed by atoms with van der Waals surface area (Å²) < 4.78 is 5.52. The van der Waals surface area contributed by atoms with Gasteiger partial charge >= 0.3 is 0 Å². The fraction of sp³-hybridized carbons (Fsp3) is 0.263. The molecule has 2 aromatic carbocycles. The van der Waals surface area contributed by atoms with Gasteiger partial charge in [-0.3, -0.25) is 14.9 Å². The lowest BCUT2D eigenvalue weighted by Crippen LogP contribution is -2.28. The summed E-state index contributed by atoms with van der Waals surface area (Å²) in [4.78, 5) is 26.7. The van der Waals surface area contributed by atoms with Crippen LogP contribution in [0.25, 0.3) is 11.1 Å². The molecule has 27 heavy (non-hydrogen) atoms. The molecule has 1 N–H and O–H groups in total. The molecule has 1 unspecified atom stereocenters. The number of amides is 1. The van der Waals surface area contributed by atoms with Crippen molar-refractivity contribution in [1.29, 1.82) is 0 Å². The molecule has 7 nitrogen and oxygen atoms in total. The smallest absolute Gasteiger partial charge is 0.271 e. The van der Waals surface area contributed by atoms with Gasteiger partial charge in [0.25, 0.3) is 10.9 Å². The molecule has 0 radical (unpaired) electrons. The molecule has 0 bridgehead atoms. The average molecular weight is 385 g/mol. The Morgan fingerprint density at radius 2 is 2.04 bits per heavy atom. The largest absolute Gasteiger partial charge is 0.431 e. The minimum absolute atomic E-state index is 0.0481. The van der Waals surface area contributed by atoms with Gasteiger partial charge in [-0.2, -0.15) is 0 Å². The molecule has 1 aromatic heterocycles. The Hall–Kier alpha value is -2.87. The van der Waals surface area contributed by atoms with Gasteiger partial charge in [-0.05, 0) is 30.5 Å². The highest BCUT2D eigenvalue weighted by atomic mass is 32.2. The van der Waals surface area contributed by atoms with Crippen LogP contribution in [0.3, 0.4) is 0 Å². The Kier molecular flexibility index (Phi) is 5.75. The number of thioether (sulfide) groups is 1. The van der Waals surface area contributed by atoms with Crippen molar-refractivity contribution in [3.05, 3.63) is 63.7 Å². The van der Waals surface area contributed by atoms with Gasteiger partial charge in [-0.15, -0.1) is 0 Å². The fourth-order valence-corrected chi connectivity index (χ4v) is 3.26. The van der Waals surface area contributed by atoms with E-state index in [0.717, 1.165) is 23.7 Å². The highest BCUT2D eigenvalue weighted by Crippen LogP contribution is 2.26. The standard InChI is InChI=1S/C19H19N3O4S/c1-3-13-4-6-14(7-5-13)12(2)20-18(23)11-27-19-21-16-10-15(22(24)25)8-9-17(16)26-19/h4-10,12H,3,11H2,1-2H3,(H,20,23). The van der Waals surface area contributed by atoms with E-state index in [2.05, 4.69) is 29.4 Å². The number of hydrogen-bond donors (Lipinski definition) is 1. The van der Waals surface area contributed by atoms with Gasteiger partial charge in [0.05, 0.1) is 16.7 Å². The van der Waals surface area contributed by atoms with Crippen molar-refractivity contribution in [1.82, 2.24) is 10.3 Å². The molecule has 1 heterocycles. The first kappa shape index (κ1) is 18.9. The summed E-state index contributed by atoms with van der Waals surface area (Å²) in [5, 5.41) is 14.1. The number of nitro groups is 1. The van der Waals surface area contributed by atoms with E-state index in [1.165, 1.54) is 23.8 Å². The molecule has 0 saturated carbocycles. The topological polar surface area (TPSA) is 98.3 Å². The van der Waals surface area contributed by atoms with Crippen molar-refractivity contribution in [2.24, 2.45) is 0 Å². The van der Waals surface area contributed by atoms with Gasteiger partial charge in [0, 0.05) is 12.1 Å². The van der Waals surface area contributed by atoms with Crippen LogP contribution in [0.4, 0.5) is 5.69 Å². The van der Waals surface area contributed by atoms with Gasteiger partial charge in [0.1, 0.15) is 5.52 Å². The number of fused-ring (bicyclic) bond motifs is 1. The molecule has 3 rings (SSSR count). The molecule has 0 aliphatic heterocycles. The lowest BCUT2D eigenvalue weighted by Gasteiger charge is -2.14. The molecule has 1 atom stereocenters. The first-order chi connectivity index (χ1) is 13.0. The predicted molar refractivity (Wildman–Crippen MR) is 104 cm³/mol. The second-order valence-electron chi connectivity index (χ2n) is 6.06. The number of benzene rings is 2. The molecule has 0 aliphatic rings. The lowest BCUT2D eigenvalue weighted by molar-refractivity contribution is -0.384. The summed E-state index contributed by atoms with van der Waals surface area (Å²) >= 11 is 1.15. The zero-order chi connectivity index (χ0) is 19.4. The quantitative estimate of drug-likeness (QED) is 0.370. The number of nitro benzene ring substituents is 1. The molecule has 1 amide bonds. The molecular weight excluding hydrogens is 366 g/mol. The highest BCUT2D eigenvalue weighted by Gasteiger charge is 2.14. The third kappa shape index (κ3) is 4.65. The number of aromatic nitrogens is 1. The minimum Gasteiger partial charge on any atom is -0.431 e. The number of nitrogens with zero attached hydrogens (tertiary/aromatic N) is 2. The highest BCUT2D eigenvalue weighted by molar-refractivity contribution is 7.99. The van der Waals surface area contributed by atoms with Gasteiger partial charge < -0.3 is 9.73 Å². The van der Waals surface area contributed by atoms with E-state index in [4.69, 9.17) is 4.42 Å². The fourth-order valence-electron chi connectivity index (χ4n) is 2.61. The van der Waals surface area contributed by atoms with E-state index in [1.54, 1.807) is 0 Å². The number of hydrogen-bond acceptors (Lipinski definition) is 6. The van der Waals surface area contributed by atoms with Crippen LogP contribution in [-0.4, -0.2) is 21.6 Å². The van der Waals surface area contributed by atoms with Crippen LogP contribution in [0.5, 0.6) is 0 Å². The van der Waals surface area contributed by atoms with E-state index in [1.807, 2.05) is 19.1 Å². The Labute approximate surface area is 160 Å². The zero-order valence-electron chi connectivity index (χ0n) is 15.0. The van der Waals surface area contributed by atoms with Crippen LogP contribution in [0.15, 0.2) is 52.1 Å². The van der Waals surface area contributed by atoms with Crippen LogP contribution in [0.2, 0.25) is 0 Å². The van der Waals surface area contributed by atoms with Gasteiger partial charge in [0.2, 0.25) is 5.91 Å². The molecule has 0 saturated heterocycles. The molecule has 8 heteroatoms. The summed E-state index contributed by atoms with van der Waals surface area (Å²) in [7, 11) is 0. The average Bonchev–Trinajstić information content (AvgIpc) is 3.08. The van der Waals surface area contributed by atoms with Crippen molar-refractivity contribution in [2.45, 2.75) is 31.5 Å². The second-order valence-corrected chi connectivity index (χ2v) is 6.99. The number of aryl methyl sites for hydroxylation is 1. The van der Waals surface area contributed by atoms with Gasteiger partial charge in [-0.1, -0.05) is 43.0 Å². The van der Waals surface area contributed by atoms with Crippen LogP contribution in [0, 0.1) is 10.1 Å². The Balaban J connectivity index is 1.58. The summed E-state index contributed by atoms with van der Waals surface area (Å²) in [6.07, 6.45) is 0.977. The maximum Gasteiger partial charge on any atom is 0.271 e. The summed E-state index contributed by atoms with van der Waals surface area (Å²) in [6, 6.07) is 12.3. The van der Waals surface area contributed by atoms with Crippen LogP contribution >= 0.6 is 11.8 Å². The first-order valence-electron chi connectivity index (χ1n) is 8.52.